The number of benzene rings is 1. The molecule has 1 aromatic carbocycles. The van der Waals surface area contributed by atoms with E-state index in [1.807, 2.05) is 0 Å². The average Bonchev–Trinajstić information content (AvgIpc) is 2.81. The van der Waals surface area contributed by atoms with Crippen LogP contribution in [0.1, 0.15) is 18.4 Å². The normalized spacial score (nSPS) is 22.5. The van der Waals surface area contributed by atoms with Crippen LogP contribution in [-0.2, 0) is 6.54 Å². The maximum atomic E-state index is 2.53. The van der Waals surface area contributed by atoms with Crippen LogP contribution in [-0.4, -0.2) is 11.4 Å². The minimum absolute atomic E-state index is 0. The highest BCUT2D eigenvalue weighted by Gasteiger charge is 2.30. The number of likely N-dealkylation sites (tertiary alicyclic amines) is 1. The van der Waals surface area contributed by atoms with Gasteiger partial charge in [0.25, 0.3) is 0 Å². The van der Waals surface area contributed by atoms with Gasteiger partial charge in [-0.25, -0.2) is 0 Å². The Hall–Kier alpha value is -0.950. The minimum Gasteiger partial charge on any atom is -0.370 e. The first kappa shape index (κ1) is 10.6. The van der Waals surface area contributed by atoms with Gasteiger partial charge in [0.1, 0.15) is 0 Å². The Morgan fingerprint density at radius 3 is 2.60 bits per heavy atom. The van der Waals surface area contributed by atoms with E-state index in [-0.39, 0.29) is 12.4 Å². The van der Waals surface area contributed by atoms with Crippen molar-refractivity contribution in [3.63, 3.8) is 0 Å². The number of nitrogens with zero attached hydrogens (tertiary/aromatic N) is 1. The van der Waals surface area contributed by atoms with Crippen LogP contribution in [0.4, 0.5) is 0 Å². The molecule has 0 saturated carbocycles. The lowest BCUT2D eigenvalue weighted by Gasteiger charge is -2.23. The summed E-state index contributed by atoms with van der Waals surface area (Å²) in [4.78, 5) is 2.53. The summed E-state index contributed by atoms with van der Waals surface area (Å²) in [6.07, 6.45) is 5.06. The maximum Gasteiger partial charge on any atom is 0.0426 e. The lowest BCUT2D eigenvalue weighted by molar-refractivity contribution is 0.342. The third-order valence-electron chi connectivity index (χ3n) is 3.29. The van der Waals surface area contributed by atoms with Gasteiger partial charge in [-0.3, -0.25) is 0 Å². The van der Waals surface area contributed by atoms with E-state index in [4.69, 9.17) is 0 Å². The van der Waals surface area contributed by atoms with Crippen LogP contribution in [0.3, 0.4) is 0 Å². The Morgan fingerprint density at radius 2 is 2.00 bits per heavy atom. The van der Waals surface area contributed by atoms with Gasteiger partial charge in [-0.05, 0) is 24.3 Å². The number of hydrogen-bond donors (Lipinski definition) is 0. The number of allylic oxidation sites excluding steroid dienone is 2. The molecule has 1 aliphatic heterocycles. The number of fused-ring (bicyclic) bond motifs is 2. The molecule has 0 aromatic heterocycles. The van der Waals surface area contributed by atoms with Crippen molar-refractivity contribution in [2.45, 2.75) is 19.4 Å². The Labute approximate surface area is 97.2 Å². The molecule has 3 rings (SSSR count). The zero-order valence-electron chi connectivity index (χ0n) is 8.73. The van der Waals surface area contributed by atoms with Gasteiger partial charge >= 0.3 is 0 Å². The molecule has 1 atom stereocenters. The highest BCUT2D eigenvalue weighted by molar-refractivity contribution is 5.85. The molecule has 0 amide bonds. The van der Waals surface area contributed by atoms with E-state index in [9.17, 15) is 0 Å². The van der Waals surface area contributed by atoms with Gasteiger partial charge in [0.05, 0.1) is 0 Å². The fourth-order valence-corrected chi connectivity index (χ4v) is 2.56. The first-order valence-corrected chi connectivity index (χ1v) is 5.40. The summed E-state index contributed by atoms with van der Waals surface area (Å²) in [5, 5.41) is 0. The molecular weight excluding hydrogens is 206 g/mol. The summed E-state index contributed by atoms with van der Waals surface area (Å²) >= 11 is 0. The van der Waals surface area contributed by atoms with E-state index in [1.54, 1.807) is 5.70 Å². The van der Waals surface area contributed by atoms with E-state index in [0.717, 1.165) is 12.5 Å². The van der Waals surface area contributed by atoms with Crippen LogP contribution < -0.4 is 0 Å². The fraction of sp³-hybridized carbons (Fsp3) is 0.385. The van der Waals surface area contributed by atoms with Gasteiger partial charge in [0.2, 0.25) is 0 Å². The van der Waals surface area contributed by atoms with Crippen molar-refractivity contribution in [2.75, 3.05) is 6.54 Å². The van der Waals surface area contributed by atoms with Gasteiger partial charge in [0.15, 0.2) is 0 Å². The summed E-state index contributed by atoms with van der Waals surface area (Å²) in [5.41, 5.74) is 3.01. The van der Waals surface area contributed by atoms with Crippen molar-refractivity contribution in [1.29, 1.82) is 0 Å². The standard InChI is InChI=1S/C13H15N.ClH/c1-2-4-11(5-3-1)9-14-10-12-6-7-13(14)8-12;/h1-5,7,12H,6,8-10H2;1H. The molecule has 0 N–H and O–H groups in total. The van der Waals surface area contributed by atoms with Gasteiger partial charge < -0.3 is 4.90 Å². The van der Waals surface area contributed by atoms with Crippen LogP contribution in [0.2, 0.25) is 0 Å². The van der Waals surface area contributed by atoms with Crippen molar-refractivity contribution >= 4 is 12.4 Å². The second-order valence-electron chi connectivity index (χ2n) is 4.37. The number of rotatable bonds is 2. The van der Waals surface area contributed by atoms with E-state index in [0.29, 0.717) is 0 Å². The summed E-state index contributed by atoms with van der Waals surface area (Å²) in [7, 11) is 0. The van der Waals surface area contributed by atoms with Gasteiger partial charge in [-0.2, -0.15) is 0 Å². The molecule has 15 heavy (non-hydrogen) atoms. The molecule has 1 fully saturated rings. The summed E-state index contributed by atoms with van der Waals surface area (Å²) in [5.74, 6) is 0.925. The monoisotopic (exact) mass is 221 g/mol. The number of halogens is 1. The topological polar surface area (TPSA) is 3.24 Å². The molecule has 2 aliphatic rings. The van der Waals surface area contributed by atoms with Crippen LogP contribution >= 0.6 is 12.4 Å². The molecule has 1 nitrogen and oxygen atoms in total. The third-order valence-corrected chi connectivity index (χ3v) is 3.29. The van der Waals surface area contributed by atoms with Crippen molar-refractivity contribution in [3.05, 3.63) is 47.7 Å². The maximum absolute atomic E-state index is 2.53. The highest BCUT2D eigenvalue weighted by atomic mass is 35.5. The lowest BCUT2D eigenvalue weighted by atomic mass is 10.1. The third kappa shape index (κ3) is 2.03. The largest absolute Gasteiger partial charge is 0.370 e. The summed E-state index contributed by atoms with van der Waals surface area (Å²) in [6.45, 7) is 2.38. The molecule has 1 aliphatic carbocycles. The van der Waals surface area contributed by atoms with Gasteiger partial charge in [-0.1, -0.05) is 36.4 Å². The SMILES string of the molecule is C1=C2CC(C1)CN2Cc1ccccc1.Cl. The highest BCUT2D eigenvalue weighted by Crippen LogP contribution is 2.36. The van der Waals surface area contributed by atoms with Crippen LogP contribution in [0.5, 0.6) is 0 Å². The Kier molecular flexibility index (Phi) is 3.01. The average molecular weight is 222 g/mol. The predicted octanol–water partition coefficient (Wildman–Crippen LogP) is 3.22. The Morgan fingerprint density at radius 1 is 1.20 bits per heavy atom. The van der Waals surface area contributed by atoms with Gasteiger partial charge in [0, 0.05) is 18.8 Å². The quantitative estimate of drug-likeness (QED) is 0.741. The smallest absolute Gasteiger partial charge is 0.0426 e. The lowest BCUT2D eigenvalue weighted by Crippen LogP contribution is -2.21. The predicted molar refractivity (Wildman–Crippen MR) is 64.9 cm³/mol. The first-order valence-electron chi connectivity index (χ1n) is 5.40. The van der Waals surface area contributed by atoms with Crippen LogP contribution in [0.15, 0.2) is 42.1 Å². The Bertz CT molecular complexity index is 358. The summed E-state index contributed by atoms with van der Waals surface area (Å²) in [6, 6.07) is 10.8. The van der Waals surface area contributed by atoms with E-state index < -0.39 is 0 Å². The van der Waals surface area contributed by atoms with Gasteiger partial charge in [-0.15, -0.1) is 12.4 Å². The summed E-state index contributed by atoms with van der Waals surface area (Å²) < 4.78 is 0. The molecule has 1 unspecified atom stereocenters. The van der Waals surface area contributed by atoms with E-state index in [1.165, 1.54) is 24.9 Å². The molecular formula is C13H16ClN. The molecule has 1 aromatic rings. The molecule has 80 valence electrons. The van der Waals surface area contributed by atoms with E-state index in [2.05, 4.69) is 41.3 Å². The van der Waals surface area contributed by atoms with Crippen molar-refractivity contribution in [3.8, 4) is 0 Å². The first-order chi connectivity index (χ1) is 6.92. The molecule has 0 spiro atoms. The molecule has 2 bridgehead atoms. The van der Waals surface area contributed by atoms with Crippen molar-refractivity contribution in [1.82, 2.24) is 4.90 Å². The van der Waals surface area contributed by atoms with Crippen molar-refractivity contribution in [2.24, 2.45) is 5.92 Å². The van der Waals surface area contributed by atoms with Crippen LogP contribution in [0, 0.1) is 5.92 Å². The van der Waals surface area contributed by atoms with Crippen LogP contribution in [0.25, 0.3) is 0 Å². The molecule has 0 radical (unpaired) electrons. The van der Waals surface area contributed by atoms with Crippen molar-refractivity contribution < 1.29 is 0 Å². The minimum atomic E-state index is 0. The van der Waals surface area contributed by atoms with E-state index >= 15 is 0 Å². The Balaban J connectivity index is 0.000000853. The molecule has 1 heterocycles. The number of hydrogen-bond acceptors (Lipinski definition) is 1. The molecule has 1 saturated heterocycles. The second kappa shape index (κ2) is 4.28. The fourth-order valence-electron chi connectivity index (χ4n) is 2.56. The zero-order chi connectivity index (χ0) is 9.38. The second-order valence-corrected chi connectivity index (χ2v) is 4.37. The zero-order valence-corrected chi connectivity index (χ0v) is 9.54. The molecule has 2 heteroatoms.